The van der Waals surface area contributed by atoms with Gasteiger partial charge in [0.05, 0.1) is 5.71 Å². The van der Waals surface area contributed by atoms with E-state index >= 15 is 0 Å². The van der Waals surface area contributed by atoms with Crippen molar-refractivity contribution < 1.29 is 9.20 Å². The predicted octanol–water partition coefficient (Wildman–Crippen LogP) is 2.53. The van der Waals surface area contributed by atoms with Crippen LogP contribution < -0.4 is 10.3 Å². The summed E-state index contributed by atoms with van der Waals surface area (Å²) >= 11 is 0. The fraction of sp³-hybridized carbons (Fsp3) is 0.167. The molecule has 0 aliphatic rings. The number of rotatable bonds is 5. The summed E-state index contributed by atoms with van der Waals surface area (Å²) in [6.45, 7) is 2.13. The minimum absolute atomic E-state index is 0.385. The van der Waals surface area contributed by atoms with Crippen LogP contribution in [0.3, 0.4) is 0 Å². The van der Waals surface area contributed by atoms with Crippen LogP contribution in [-0.4, -0.2) is 11.0 Å². The maximum absolute atomic E-state index is 11.3. The number of H-pyrrole nitrogens is 1. The Bertz CT molecular complexity index is 890. The quantitative estimate of drug-likeness (QED) is 0.445. The number of nitrogens with zero attached hydrogens (tertiary/aromatic N) is 2. The Balaban J connectivity index is 1.87. The highest BCUT2D eigenvalue weighted by atomic mass is 16.5. The van der Waals surface area contributed by atoms with Gasteiger partial charge in [-0.15, -0.1) is 0 Å². The molecule has 0 bridgehead atoms. The summed E-state index contributed by atoms with van der Waals surface area (Å²) in [5, 5.41) is 17.0. The fourth-order valence-corrected chi connectivity index (χ4v) is 2.55. The molecule has 6 heteroatoms. The van der Waals surface area contributed by atoms with Crippen LogP contribution in [0, 0.1) is 5.21 Å². The van der Waals surface area contributed by atoms with E-state index in [0.717, 1.165) is 18.4 Å². The van der Waals surface area contributed by atoms with Gasteiger partial charge in [0, 0.05) is 17.7 Å². The van der Waals surface area contributed by atoms with Crippen molar-refractivity contribution in [3.8, 4) is 5.69 Å². The predicted molar refractivity (Wildman–Crippen MR) is 90.3 cm³/mol. The SMILES string of the molecule is CCCc1ccc(/C(=N/[O-])c2ccc(-[n+]3cc(=O)o[nH]3)cc2)cc1. The molecule has 0 spiro atoms. The second kappa shape index (κ2) is 6.95. The molecule has 1 heterocycles. The van der Waals surface area contributed by atoms with E-state index in [1.165, 1.54) is 16.4 Å². The van der Waals surface area contributed by atoms with Gasteiger partial charge in [-0.25, -0.2) is 4.79 Å². The Kier molecular flexibility index (Phi) is 4.56. The minimum Gasteiger partial charge on any atom is -0.791 e. The van der Waals surface area contributed by atoms with Crippen molar-refractivity contribution >= 4 is 5.71 Å². The van der Waals surface area contributed by atoms with Crippen molar-refractivity contribution in [1.82, 2.24) is 5.27 Å². The van der Waals surface area contributed by atoms with Gasteiger partial charge < -0.3 is 10.4 Å². The van der Waals surface area contributed by atoms with Crippen LogP contribution in [-0.2, 0) is 6.42 Å². The highest BCUT2D eigenvalue weighted by Gasteiger charge is 2.12. The van der Waals surface area contributed by atoms with Gasteiger partial charge in [-0.05, 0) is 39.6 Å². The zero-order valence-electron chi connectivity index (χ0n) is 13.2. The van der Waals surface area contributed by atoms with Crippen LogP contribution in [0.15, 0.2) is 69.2 Å². The molecule has 1 aromatic heterocycles. The molecule has 0 saturated carbocycles. The fourth-order valence-electron chi connectivity index (χ4n) is 2.55. The van der Waals surface area contributed by atoms with Crippen molar-refractivity contribution in [3.05, 3.63) is 87.0 Å². The molecule has 0 unspecified atom stereocenters. The van der Waals surface area contributed by atoms with E-state index in [4.69, 9.17) is 0 Å². The third-order valence-electron chi connectivity index (χ3n) is 3.76. The van der Waals surface area contributed by atoms with E-state index < -0.39 is 5.63 Å². The normalized spacial score (nSPS) is 11.6. The molecule has 3 aromatic rings. The molecule has 0 atom stereocenters. The van der Waals surface area contributed by atoms with Crippen LogP contribution in [0.4, 0.5) is 0 Å². The van der Waals surface area contributed by atoms with Crippen molar-refractivity contribution in [2.75, 3.05) is 0 Å². The maximum atomic E-state index is 11.3. The lowest BCUT2D eigenvalue weighted by molar-refractivity contribution is -0.670. The third kappa shape index (κ3) is 3.27. The van der Waals surface area contributed by atoms with E-state index in [-0.39, 0.29) is 0 Å². The van der Waals surface area contributed by atoms with Crippen LogP contribution >= 0.6 is 0 Å². The van der Waals surface area contributed by atoms with Crippen molar-refractivity contribution in [2.45, 2.75) is 19.8 Å². The third-order valence-corrected chi connectivity index (χ3v) is 3.76. The number of nitrogens with one attached hydrogen (secondary N) is 1. The van der Waals surface area contributed by atoms with E-state index in [0.29, 0.717) is 17.0 Å². The molecule has 0 aliphatic heterocycles. The first-order valence-corrected chi connectivity index (χ1v) is 7.72. The standard InChI is InChI=1S/C18H17N3O3/c1-2-3-13-4-6-14(7-5-13)18(19-23)15-8-10-16(11-9-15)21-12-17(22)24-20-21/h4-12H,2-3H2,1H3,(H-,20,22,23). The second-order valence-corrected chi connectivity index (χ2v) is 5.45. The smallest absolute Gasteiger partial charge is 0.427 e. The van der Waals surface area contributed by atoms with Crippen molar-refractivity contribution in [2.24, 2.45) is 5.16 Å². The van der Waals surface area contributed by atoms with Gasteiger partial charge >= 0.3 is 5.63 Å². The highest BCUT2D eigenvalue weighted by Crippen LogP contribution is 2.14. The Labute approximate surface area is 138 Å². The zero-order valence-corrected chi connectivity index (χ0v) is 13.2. The van der Waals surface area contributed by atoms with Crippen LogP contribution in [0.1, 0.15) is 30.0 Å². The molecular weight excluding hydrogens is 306 g/mol. The van der Waals surface area contributed by atoms with Gasteiger partial charge in [0.1, 0.15) is 0 Å². The average Bonchev–Trinajstić information content (AvgIpc) is 3.04. The summed E-state index contributed by atoms with van der Waals surface area (Å²) in [5.41, 5.74) is 3.36. The van der Waals surface area contributed by atoms with Gasteiger partial charge in [0.2, 0.25) is 5.69 Å². The number of benzene rings is 2. The first-order valence-electron chi connectivity index (χ1n) is 7.72. The summed E-state index contributed by atoms with van der Waals surface area (Å²) in [4.78, 5) is 11.1. The van der Waals surface area contributed by atoms with E-state index in [1.807, 2.05) is 24.3 Å². The molecule has 0 fully saturated rings. The van der Waals surface area contributed by atoms with Gasteiger partial charge in [0.25, 0.3) is 6.20 Å². The van der Waals surface area contributed by atoms with Crippen LogP contribution in [0.2, 0.25) is 0 Å². The van der Waals surface area contributed by atoms with Gasteiger partial charge in [0.15, 0.2) is 0 Å². The Morgan fingerprint density at radius 1 is 1.12 bits per heavy atom. The average molecular weight is 323 g/mol. The summed E-state index contributed by atoms with van der Waals surface area (Å²) in [6, 6.07) is 15.0. The molecule has 0 saturated heterocycles. The molecular formula is C18H17N3O3. The lowest BCUT2D eigenvalue weighted by Crippen LogP contribution is -2.32. The van der Waals surface area contributed by atoms with Crippen molar-refractivity contribution in [3.63, 3.8) is 0 Å². The molecule has 0 aliphatic carbocycles. The summed E-state index contributed by atoms with van der Waals surface area (Å²) in [7, 11) is 0. The Morgan fingerprint density at radius 3 is 2.25 bits per heavy atom. The summed E-state index contributed by atoms with van der Waals surface area (Å²) < 4.78 is 6.08. The number of aryl methyl sites for hydroxylation is 1. The van der Waals surface area contributed by atoms with Crippen LogP contribution in [0.25, 0.3) is 5.69 Å². The molecule has 0 amide bonds. The number of hydrogen-bond donors (Lipinski definition) is 1. The zero-order chi connectivity index (χ0) is 16.9. The molecule has 122 valence electrons. The Morgan fingerprint density at radius 2 is 1.75 bits per heavy atom. The van der Waals surface area contributed by atoms with Crippen LogP contribution in [0.5, 0.6) is 0 Å². The van der Waals surface area contributed by atoms with Crippen molar-refractivity contribution in [1.29, 1.82) is 0 Å². The molecule has 1 N–H and O–H groups in total. The van der Waals surface area contributed by atoms with E-state index in [2.05, 4.69) is 21.9 Å². The monoisotopic (exact) mass is 323 g/mol. The molecule has 0 radical (unpaired) electrons. The molecule has 3 rings (SSSR count). The number of aromatic nitrogens is 2. The maximum Gasteiger partial charge on any atom is 0.427 e. The minimum atomic E-state index is -0.465. The van der Waals surface area contributed by atoms with Gasteiger partial charge in [-0.2, -0.15) is 0 Å². The lowest BCUT2D eigenvalue weighted by Gasteiger charge is -2.10. The van der Waals surface area contributed by atoms with E-state index in [1.54, 1.807) is 24.3 Å². The number of aromatic amines is 1. The van der Waals surface area contributed by atoms with Gasteiger partial charge in [-0.1, -0.05) is 37.6 Å². The molecule has 2 aromatic carbocycles. The highest BCUT2D eigenvalue weighted by molar-refractivity contribution is 6.13. The second-order valence-electron chi connectivity index (χ2n) is 5.45. The lowest BCUT2D eigenvalue weighted by atomic mass is 10.00. The topological polar surface area (TPSA) is 85.3 Å². The summed E-state index contributed by atoms with van der Waals surface area (Å²) in [6.07, 6.45) is 3.39. The number of hydrogen-bond acceptors (Lipinski definition) is 4. The summed E-state index contributed by atoms with van der Waals surface area (Å²) in [5.74, 6) is 0. The van der Waals surface area contributed by atoms with E-state index in [9.17, 15) is 10.0 Å². The molecule has 6 nitrogen and oxygen atoms in total. The van der Waals surface area contributed by atoms with Gasteiger partial charge in [-0.3, -0.25) is 4.52 Å². The molecule has 24 heavy (non-hydrogen) atoms. The first kappa shape index (κ1) is 15.7. The Hall–Kier alpha value is -3.15. The first-order chi connectivity index (χ1) is 11.7. The largest absolute Gasteiger partial charge is 0.791 e.